The Kier molecular flexibility index (Phi) is 3.30. The molecule has 2 aromatic rings. The van der Waals surface area contributed by atoms with Crippen molar-refractivity contribution in [2.45, 2.75) is 57.7 Å². The van der Waals surface area contributed by atoms with Crippen LogP contribution in [0.25, 0.3) is 10.9 Å². The van der Waals surface area contributed by atoms with Crippen molar-refractivity contribution >= 4 is 10.9 Å². The highest BCUT2D eigenvalue weighted by atomic mass is 16.1. The SMILES string of the molecule is O=c1c(CNC2CCCC2)cc2cccc3c2n1CCC3. The van der Waals surface area contributed by atoms with Gasteiger partial charge in [-0.2, -0.15) is 0 Å². The van der Waals surface area contributed by atoms with Crippen LogP contribution in [0.1, 0.15) is 43.2 Å². The first-order valence-electron chi connectivity index (χ1n) is 8.20. The largest absolute Gasteiger partial charge is 0.310 e. The van der Waals surface area contributed by atoms with Crippen LogP contribution in [0.4, 0.5) is 0 Å². The summed E-state index contributed by atoms with van der Waals surface area (Å²) in [5.41, 5.74) is 3.62. The van der Waals surface area contributed by atoms with Crippen molar-refractivity contribution in [3.63, 3.8) is 0 Å². The molecule has 0 spiro atoms. The van der Waals surface area contributed by atoms with Gasteiger partial charge < -0.3 is 9.88 Å². The molecule has 4 rings (SSSR count). The van der Waals surface area contributed by atoms with Crippen LogP contribution in [0.15, 0.2) is 29.1 Å². The lowest BCUT2D eigenvalue weighted by Crippen LogP contribution is -2.32. The Morgan fingerprint density at radius 1 is 1.19 bits per heavy atom. The lowest BCUT2D eigenvalue weighted by atomic mass is 10.00. The van der Waals surface area contributed by atoms with Crippen LogP contribution in [0.2, 0.25) is 0 Å². The molecule has 1 aliphatic carbocycles. The molecule has 1 N–H and O–H groups in total. The molecule has 1 aromatic carbocycles. The van der Waals surface area contributed by atoms with Crippen LogP contribution in [0.3, 0.4) is 0 Å². The second kappa shape index (κ2) is 5.30. The quantitative estimate of drug-likeness (QED) is 0.939. The van der Waals surface area contributed by atoms with E-state index in [-0.39, 0.29) is 5.56 Å². The summed E-state index contributed by atoms with van der Waals surface area (Å²) in [6, 6.07) is 9.12. The maximum Gasteiger partial charge on any atom is 0.255 e. The van der Waals surface area contributed by atoms with Crippen LogP contribution < -0.4 is 10.9 Å². The van der Waals surface area contributed by atoms with E-state index in [0.29, 0.717) is 12.6 Å². The Labute approximate surface area is 125 Å². The van der Waals surface area contributed by atoms with E-state index in [2.05, 4.69) is 29.6 Å². The van der Waals surface area contributed by atoms with Gasteiger partial charge in [0.05, 0.1) is 5.52 Å². The van der Waals surface area contributed by atoms with Gasteiger partial charge in [0.25, 0.3) is 5.56 Å². The van der Waals surface area contributed by atoms with Crippen molar-refractivity contribution < 1.29 is 0 Å². The standard InChI is InChI=1S/C18H22N2O/c21-18-15(12-19-16-8-1-2-9-16)11-14-6-3-5-13-7-4-10-20(18)17(13)14/h3,5-6,11,16,19H,1-2,4,7-10,12H2. The fraction of sp³-hybridized carbons (Fsp3) is 0.500. The Balaban J connectivity index is 1.73. The summed E-state index contributed by atoms with van der Waals surface area (Å²) in [6.45, 7) is 1.58. The van der Waals surface area contributed by atoms with Gasteiger partial charge in [0.15, 0.2) is 0 Å². The van der Waals surface area contributed by atoms with E-state index in [1.54, 1.807) is 0 Å². The number of aryl methyl sites for hydroxylation is 2. The highest BCUT2D eigenvalue weighted by molar-refractivity contribution is 5.83. The summed E-state index contributed by atoms with van der Waals surface area (Å²) < 4.78 is 2.00. The third-order valence-electron chi connectivity index (χ3n) is 5.03. The molecule has 0 saturated heterocycles. The molecular formula is C18H22N2O. The molecule has 2 heterocycles. The Hall–Kier alpha value is -1.61. The minimum Gasteiger partial charge on any atom is -0.310 e. The zero-order chi connectivity index (χ0) is 14.2. The number of nitrogens with zero attached hydrogens (tertiary/aromatic N) is 1. The van der Waals surface area contributed by atoms with E-state index in [1.807, 2.05) is 4.57 Å². The predicted octanol–water partition coefficient (Wildman–Crippen LogP) is 2.98. The van der Waals surface area contributed by atoms with Crippen LogP contribution in [-0.2, 0) is 19.5 Å². The topological polar surface area (TPSA) is 34.0 Å². The fourth-order valence-corrected chi connectivity index (χ4v) is 3.93. The monoisotopic (exact) mass is 282 g/mol. The summed E-state index contributed by atoms with van der Waals surface area (Å²) in [7, 11) is 0. The molecule has 0 radical (unpaired) electrons. The van der Waals surface area contributed by atoms with E-state index in [9.17, 15) is 4.79 Å². The molecule has 0 amide bonds. The molecule has 0 unspecified atom stereocenters. The first kappa shape index (κ1) is 13.1. The Morgan fingerprint density at radius 3 is 2.90 bits per heavy atom. The smallest absolute Gasteiger partial charge is 0.255 e. The van der Waals surface area contributed by atoms with Gasteiger partial charge in [0.1, 0.15) is 0 Å². The normalized spacial score (nSPS) is 18.5. The Morgan fingerprint density at radius 2 is 2.05 bits per heavy atom. The van der Waals surface area contributed by atoms with Crippen molar-refractivity contribution in [3.05, 3.63) is 45.7 Å². The number of hydrogen-bond donors (Lipinski definition) is 1. The third-order valence-corrected chi connectivity index (χ3v) is 5.03. The molecule has 1 fully saturated rings. The van der Waals surface area contributed by atoms with Gasteiger partial charge in [-0.3, -0.25) is 4.79 Å². The summed E-state index contributed by atoms with van der Waals surface area (Å²) in [6.07, 6.45) is 7.33. The van der Waals surface area contributed by atoms with Gasteiger partial charge in [0.2, 0.25) is 0 Å². The maximum absolute atomic E-state index is 12.7. The van der Waals surface area contributed by atoms with Crippen LogP contribution in [-0.4, -0.2) is 10.6 Å². The average Bonchev–Trinajstić information content (AvgIpc) is 3.03. The lowest BCUT2D eigenvalue weighted by molar-refractivity contribution is 0.518. The van der Waals surface area contributed by atoms with Crippen molar-refractivity contribution in [1.29, 1.82) is 0 Å². The molecule has 3 nitrogen and oxygen atoms in total. The predicted molar refractivity (Wildman–Crippen MR) is 85.6 cm³/mol. The van der Waals surface area contributed by atoms with Crippen molar-refractivity contribution in [1.82, 2.24) is 9.88 Å². The highest BCUT2D eigenvalue weighted by Gasteiger charge is 2.18. The van der Waals surface area contributed by atoms with Crippen LogP contribution in [0, 0.1) is 0 Å². The van der Waals surface area contributed by atoms with E-state index in [1.165, 1.54) is 42.1 Å². The van der Waals surface area contributed by atoms with Crippen LogP contribution >= 0.6 is 0 Å². The first-order valence-corrected chi connectivity index (χ1v) is 8.20. The molecule has 1 saturated carbocycles. The van der Waals surface area contributed by atoms with Gasteiger partial charge in [-0.1, -0.05) is 31.0 Å². The third kappa shape index (κ3) is 2.30. The molecule has 0 atom stereocenters. The van der Waals surface area contributed by atoms with Gasteiger partial charge >= 0.3 is 0 Å². The molecule has 1 aliphatic heterocycles. The highest BCUT2D eigenvalue weighted by Crippen LogP contribution is 2.24. The second-order valence-corrected chi connectivity index (χ2v) is 6.45. The van der Waals surface area contributed by atoms with E-state index >= 15 is 0 Å². The van der Waals surface area contributed by atoms with Gasteiger partial charge in [-0.25, -0.2) is 0 Å². The zero-order valence-corrected chi connectivity index (χ0v) is 12.4. The van der Waals surface area contributed by atoms with E-state index in [0.717, 1.165) is 24.9 Å². The molecule has 3 heteroatoms. The number of aromatic nitrogens is 1. The summed E-state index contributed by atoms with van der Waals surface area (Å²) in [4.78, 5) is 12.7. The molecule has 1 aromatic heterocycles. The molecule has 2 aliphatic rings. The maximum atomic E-state index is 12.7. The molecule has 0 bridgehead atoms. The minimum atomic E-state index is 0.208. The summed E-state index contributed by atoms with van der Waals surface area (Å²) in [5, 5.41) is 4.79. The van der Waals surface area contributed by atoms with Crippen molar-refractivity contribution in [3.8, 4) is 0 Å². The zero-order valence-electron chi connectivity index (χ0n) is 12.4. The average molecular weight is 282 g/mol. The van der Waals surface area contributed by atoms with Crippen LogP contribution in [0.5, 0.6) is 0 Å². The molecular weight excluding hydrogens is 260 g/mol. The number of hydrogen-bond acceptors (Lipinski definition) is 2. The number of rotatable bonds is 3. The second-order valence-electron chi connectivity index (χ2n) is 6.45. The number of pyridine rings is 1. The minimum absolute atomic E-state index is 0.208. The van der Waals surface area contributed by atoms with Gasteiger partial charge in [-0.05, 0) is 42.7 Å². The van der Waals surface area contributed by atoms with Crippen molar-refractivity contribution in [2.24, 2.45) is 0 Å². The number of para-hydroxylation sites is 1. The van der Waals surface area contributed by atoms with E-state index < -0.39 is 0 Å². The van der Waals surface area contributed by atoms with Gasteiger partial charge in [-0.15, -0.1) is 0 Å². The number of nitrogens with one attached hydrogen (secondary N) is 1. The molecule has 21 heavy (non-hydrogen) atoms. The Bertz CT molecular complexity index is 726. The summed E-state index contributed by atoms with van der Waals surface area (Å²) in [5.74, 6) is 0. The van der Waals surface area contributed by atoms with E-state index in [4.69, 9.17) is 0 Å². The number of benzene rings is 1. The first-order chi connectivity index (χ1) is 10.3. The molecule has 110 valence electrons. The van der Waals surface area contributed by atoms with Gasteiger partial charge in [0, 0.05) is 24.7 Å². The van der Waals surface area contributed by atoms with Crippen molar-refractivity contribution in [2.75, 3.05) is 0 Å². The lowest BCUT2D eigenvalue weighted by Gasteiger charge is -2.21. The summed E-state index contributed by atoms with van der Waals surface area (Å²) >= 11 is 0. The fourth-order valence-electron chi connectivity index (χ4n) is 3.93.